The molecule has 0 bridgehead atoms. The second-order valence-corrected chi connectivity index (χ2v) is 7.64. The minimum atomic E-state index is -4.58. The van der Waals surface area contributed by atoms with Crippen molar-refractivity contribution >= 4 is 11.7 Å². The molecule has 1 unspecified atom stereocenters. The summed E-state index contributed by atoms with van der Waals surface area (Å²) in [5.41, 5.74) is 1.49. The Kier molecular flexibility index (Phi) is 6.18. The summed E-state index contributed by atoms with van der Waals surface area (Å²) in [6, 6.07) is 16.9. The van der Waals surface area contributed by atoms with Crippen LogP contribution in [0.4, 0.5) is 23.7 Å². The molecule has 0 aromatic heterocycles. The molecule has 8 heteroatoms. The van der Waals surface area contributed by atoms with Gasteiger partial charge in [-0.3, -0.25) is 0 Å². The first-order chi connectivity index (χ1) is 15.8. The van der Waals surface area contributed by atoms with Crippen LogP contribution in [0.15, 0.2) is 66.7 Å². The zero-order chi connectivity index (χ0) is 23.6. The number of rotatable bonds is 4. The van der Waals surface area contributed by atoms with Gasteiger partial charge in [0.05, 0.1) is 31.5 Å². The minimum Gasteiger partial charge on any atom is -0.493 e. The second-order valence-electron chi connectivity index (χ2n) is 7.64. The number of urea groups is 1. The molecule has 3 aromatic rings. The molecule has 3 aromatic carbocycles. The number of methoxy groups -OCH3 is 2. The smallest absolute Gasteiger partial charge is 0.418 e. The van der Waals surface area contributed by atoms with E-state index in [4.69, 9.17) is 9.47 Å². The lowest BCUT2D eigenvalue weighted by Crippen LogP contribution is -2.43. The van der Waals surface area contributed by atoms with Crippen LogP contribution in [0.3, 0.4) is 0 Å². The normalized spacial score (nSPS) is 15.5. The maximum atomic E-state index is 13.4. The lowest BCUT2D eigenvalue weighted by molar-refractivity contribution is -0.136. The summed E-state index contributed by atoms with van der Waals surface area (Å²) in [6.45, 7) is 0.321. The molecule has 4 rings (SSSR count). The van der Waals surface area contributed by atoms with Crippen LogP contribution in [0.2, 0.25) is 0 Å². The summed E-state index contributed by atoms with van der Waals surface area (Å²) in [5, 5.41) is 2.48. The number of nitrogens with zero attached hydrogens (tertiary/aromatic N) is 1. The number of halogens is 3. The number of alkyl halides is 3. The Balaban J connectivity index is 1.75. The molecular formula is C25H23F3N2O3. The molecular weight excluding hydrogens is 433 g/mol. The molecule has 2 amide bonds. The first-order valence-electron chi connectivity index (χ1n) is 10.4. The van der Waals surface area contributed by atoms with E-state index < -0.39 is 23.8 Å². The maximum Gasteiger partial charge on any atom is 0.418 e. The van der Waals surface area contributed by atoms with Gasteiger partial charge >= 0.3 is 12.2 Å². The predicted octanol–water partition coefficient (Wildman–Crippen LogP) is 5.90. The summed E-state index contributed by atoms with van der Waals surface area (Å²) in [5.74, 6) is 1.10. The van der Waals surface area contributed by atoms with E-state index >= 15 is 0 Å². The second kappa shape index (κ2) is 9.05. The minimum absolute atomic E-state index is 0.278. The third-order valence-corrected chi connectivity index (χ3v) is 5.72. The summed E-state index contributed by atoms with van der Waals surface area (Å²) >= 11 is 0. The van der Waals surface area contributed by atoms with Crippen LogP contribution in [0.1, 0.15) is 28.3 Å². The van der Waals surface area contributed by atoms with Crippen molar-refractivity contribution < 1.29 is 27.4 Å². The lowest BCUT2D eigenvalue weighted by Gasteiger charge is -2.38. The summed E-state index contributed by atoms with van der Waals surface area (Å²) in [4.78, 5) is 14.9. The molecule has 0 fully saturated rings. The highest BCUT2D eigenvalue weighted by Gasteiger charge is 2.36. The van der Waals surface area contributed by atoms with Crippen LogP contribution in [0, 0.1) is 0 Å². The van der Waals surface area contributed by atoms with E-state index in [-0.39, 0.29) is 5.69 Å². The topological polar surface area (TPSA) is 50.8 Å². The van der Waals surface area contributed by atoms with Crippen LogP contribution in [-0.4, -0.2) is 31.7 Å². The monoisotopic (exact) mass is 456 g/mol. The van der Waals surface area contributed by atoms with Crippen LogP contribution < -0.4 is 14.8 Å². The third kappa shape index (κ3) is 4.46. The molecule has 1 N–H and O–H groups in total. The van der Waals surface area contributed by atoms with E-state index in [1.807, 2.05) is 42.5 Å². The van der Waals surface area contributed by atoms with Crippen LogP contribution in [-0.2, 0) is 12.6 Å². The van der Waals surface area contributed by atoms with Crippen molar-refractivity contribution in [2.75, 3.05) is 26.1 Å². The number of anilines is 1. The molecule has 0 saturated heterocycles. The molecule has 172 valence electrons. The van der Waals surface area contributed by atoms with E-state index in [9.17, 15) is 18.0 Å². The summed E-state index contributed by atoms with van der Waals surface area (Å²) < 4.78 is 51.2. The molecule has 1 aliphatic rings. The molecule has 5 nitrogen and oxygen atoms in total. The molecule has 1 heterocycles. The maximum absolute atomic E-state index is 13.4. The van der Waals surface area contributed by atoms with E-state index in [1.165, 1.54) is 25.3 Å². The van der Waals surface area contributed by atoms with Gasteiger partial charge < -0.3 is 19.7 Å². The molecule has 0 aliphatic carbocycles. The fourth-order valence-corrected chi connectivity index (χ4v) is 4.19. The third-order valence-electron chi connectivity index (χ3n) is 5.72. The Bertz CT molecular complexity index is 1150. The number of para-hydroxylation sites is 1. The number of carbonyl (C=O) groups excluding carboxylic acids is 1. The Labute approximate surface area is 189 Å². The summed E-state index contributed by atoms with van der Waals surface area (Å²) in [6.07, 6.45) is -4.06. The van der Waals surface area contributed by atoms with Gasteiger partial charge in [0.15, 0.2) is 11.5 Å². The first-order valence-corrected chi connectivity index (χ1v) is 10.4. The van der Waals surface area contributed by atoms with Crippen molar-refractivity contribution in [3.63, 3.8) is 0 Å². The quantitative estimate of drug-likeness (QED) is 0.532. The number of ether oxygens (including phenoxy) is 2. The number of benzene rings is 3. The zero-order valence-corrected chi connectivity index (χ0v) is 18.1. The van der Waals surface area contributed by atoms with Crippen LogP contribution in [0.5, 0.6) is 11.5 Å². The Morgan fingerprint density at radius 3 is 2.27 bits per heavy atom. The van der Waals surface area contributed by atoms with E-state index in [2.05, 4.69) is 5.32 Å². The molecule has 1 aliphatic heterocycles. The van der Waals surface area contributed by atoms with Gasteiger partial charge in [0.2, 0.25) is 0 Å². The number of hydrogen-bond donors (Lipinski definition) is 1. The highest BCUT2D eigenvalue weighted by molar-refractivity contribution is 5.91. The van der Waals surface area contributed by atoms with E-state index in [0.717, 1.165) is 22.8 Å². The zero-order valence-electron chi connectivity index (χ0n) is 18.1. The molecule has 33 heavy (non-hydrogen) atoms. The van der Waals surface area contributed by atoms with Gasteiger partial charge in [-0.15, -0.1) is 0 Å². The fourth-order valence-electron chi connectivity index (χ4n) is 4.19. The van der Waals surface area contributed by atoms with Crippen molar-refractivity contribution in [3.8, 4) is 11.5 Å². The van der Waals surface area contributed by atoms with E-state index in [0.29, 0.717) is 24.5 Å². The molecule has 1 atom stereocenters. The van der Waals surface area contributed by atoms with Crippen molar-refractivity contribution in [1.29, 1.82) is 0 Å². The number of amides is 2. The highest BCUT2D eigenvalue weighted by atomic mass is 19.4. The van der Waals surface area contributed by atoms with Gasteiger partial charge in [0, 0.05) is 6.54 Å². The number of fused-ring (bicyclic) bond motifs is 1. The number of nitrogens with one attached hydrogen (secondary N) is 1. The van der Waals surface area contributed by atoms with Crippen molar-refractivity contribution in [2.24, 2.45) is 0 Å². The van der Waals surface area contributed by atoms with Crippen molar-refractivity contribution in [2.45, 2.75) is 18.6 Å². The first kappa shape index (κ1) is 22.5. The van der Waals surface area contributed by atoms with Crippen molar-refractivity contribution in [1.82, 2.24) is 4.90 Å². The lowest BCUT2D eigenvalue weighted by atomic mass is 9.88. The van der Waals surface area contributed by atoms with Gasteiger partial charge in [-0.05, 0) is 47.4 Å². The number of carbonyl (C=O) groups is 1. The number of hydrogen-bond acceptors (Lipinski definition) is 3. The van der Waals surface area contributed by atoms with Gasteiger partial charge in [0.25, 0.3) is 0 Å². The van der Waals surface area contributed by atoms with Gasteiger partial charge in [0.1, 0.15) is 0 Å². The van der Waals surface area contributed by atoms with Crippen molar-refractivity contribution in [3.05, 3.63) is 89.0 Å². The van der Waals surface area contributed by atoms with Crippen LogP contribution >= 0.6 is 0 Å². The van der Waals surface area contributed by atoms with Crippen LogP contribution in [0.25, 0.3) is 0 Å². The van der Waals surface area contributed by atoms with Gasteiger partial charge in [-0.25, -0.2) is 4.79 Å². The Hall–Kier alpha value is -3.68. The standard InChI is InChI=1S/C25H23F3N2O3/c1-32-21-14-17-12-13-30(24(31)29-20-11-7-6-10-19(20)25(26,27)28)23(16-8-4-3-5-9-16)18(17)15-22(21)33-2/h3-11,14-15,23H,12-13H2,1-2H3,(H,29,31). The molecule has 0 saturated carbocycles. The Morgan fingerprint density at radius 1 is 0.970 bits per heavy atom. The predicted molar refractivity (Wildman–Crippen MR) is 119 cm³/mol. The van der Waals surface area contributed by atoms with Gasteiger partial charge in [-0.1, -0.05) is 42.5 Å². The van der Waals surface area contributed by atoms with E-state index in [1.54, 1.807) is 12.0 Å². The fraction of sp³-hybridized carbons (Fsp3) is 0.240. The highest BCUT2D eigenvalue weighted by Crippen LogP contribution is 2.41. The average Bonchev–Trinajstić information content (AvgIpc) is 2.82. The summed E-state index contributed by atoms with van der Waals surface area (Å²) in [7, 11) is 3.09. The van der Waals surface area contributed by atoms with Gasteiger partial charge in [-0.2, -0.15) is 13.2 Å². The average molecular weight is 456 g/mol. The largest absolute Gasteiger partial charge is 0.493 e. The molecule has 0 spiro atoms. The molecule has 0 radical (unpaired) electrons. The SMILES string of the molecule is COc1cc2c(cc1OC)C(c1ccccc1)N(C(=O)Nc1ccccc1C(F)(F)F)CC2. The Morgan fingerprint density at radius 2 is 1.61 bits per heavy atom.